The maximum Gasteiger partial charge on any atom is 0.342 e. The third-order valence-electron chi connectivity index (χ3n) is 5.23. The Hall–Kier alpha value is -3.71. The number of carbonyl (C=O) groups is 1. The van der Waals surface area contributed by atoms with E-state index in [1.165, 1.54) is 24.3 Å². The van der Waals surface area contributed by atoms with Gasteiger partial charge in [0, 0.05) is 41.1 Å². The third kappa shape index (κ3) is 2.37. The number of hydrogen-bond donors (Lipinski definition) is 4. The molecule has 2 aliphatic rings. The minimum Gasteiger partial charge on any atom is -0.508 e. The number of rotatable bonds is 3. The summed E-state index contributed by atoms with van der Waals surface area (Å²) in [5.74, 6) is 0.159. The van der Waals surface area contributed by atoms with Crippen molar-refractivity contribution < 1.29 is 29.6 Å². The van der Waals surface area contributed by atoms with Crippen molar-refractivity contribution in [3.8, 4) is 23.0 Å². The first-order chi connectivity index (χ1) is 14.0. The van der Waals surface area contributed by atoms with E-state index in [4.69, 9.17) is 14.6 Å². The number of benzene rings is 3. The van der Waals surface area contributed by atoms with Gasteiger partial charge in [0.1, 0.15) is 23.0 Å². The van der Waals surface area contributed by atoms with Crippen LogP contribution in [0.2, 0.25) is 0 Å². The highest BCUT2D eigenvalue weighted by Crippen LogP contribution is 2.57. The number of aromatic hydroxyl groups is 2. The summed E-state index contributed by atoms with van der Waals surface area (Å²) in [7, 11) is 0. The summed E-state index contributed by atoms with van der Waals surface area (Å²) < 4.78 is 11.9. The smallest absolute Gasteiger partial charge is 0.342 e. The van der Waals surface area contributed by atoms with Crippen molar-refractivity contribution in [3.05, 3.63) is 76.9 Å². The van der Waals surface area contributed by atoms with Crippen molar-refractivity contribution >= 4 is 11.7 Å². The molecule has 146 valence electrons. The summed E-state index contributed by atoms with van der Waals surface area (Å²) in [6.07, 6.45) is 0. The minimum atomic E-state index is -1.28. The van der Waals surface area contributed by atoms with E-state index in [1.54, 1.807) is 24.3 Å². The Balaban J connectivity index is 1.83. The zero-order chi connectivity index (χ0) is 20.2. The number of phenolic OH excluding ortho intramolecular Hbond substituents is 2. The van der Waals surface area contributed by atoms with E-state index in [9.17, 15) is 15.0 Å². The van der Waals surface area contributed by atoms with Gasteiger partial charge in [-0.3, -0.25) is 0 Å². The number of aliphatic hydroxyl groups is 1. The van der Waals surface area contributed by atoms with E-state index >= 15 is 0 Å². The summed E-state index contributed by atoms with van der Waals surface area (Å²) in [6.45, 7) is 0.205. The molecule has 0 aromatic heterocycles. The van der Waals surface area contributed by atoms with Crippen molar-refractivity contribution in [3.63, 3.8) is 0 Å². The third-order valence-corrected chi connectivity index (χ3v) is 5.23. The number of phenols is 2. The highest BCUT2D eigenvalue weighted by Gasteiger charge is 2.54. The number of ether oxygens (including phenoxy) is 2. The number of fused-ring (bicyclic) bond motifs is 6. The summed E-state index contributed by atoms with van der Waals surface area (Å²) in [5.41, 5.74) is 1.41. The van der Waals surface area contributed by atoms with Gasteiger partial charge in [0.25, 0.3) is 0 Å². The Morgan fingerprint density at radius 2 is 1.55 bits per heavy atom. The quantitative estimate of drug-likeness (QED) is 0.508. The first-order valence-corrected chi connectivity index (χ1v) is 9.11. The van der Waals surface area contributed by atoms with Gasteiger partial charge in [-0.1, -0.05) is 12.1 Å². The Bertz CT molecular complexity index is 1100. The maximum atomic E-state index is 13.0. The van der Waals surface area contributed by atoms with Gasteiger partial charge in [-0.25, -0.2) is 4.79 Å². The fourth-order valence-electron chi connectivity index (χ4n) is 4.08. The summed E-state index contributed by atoms with van der Waals surface area (Å²) in [4.78, 5) is 13.0. The molecule has 2 aliphatic heterocycles. The summed E-state index contributed by atoms with van der Waals surface area (Å²) >= 11 is 0. The number of anilines is 1. The summed E-state index contributed by atoms with van der Waals surface area (Å²) in [5, 5.41) is 32.1. The first kappa shape index (κ1) is 17.4. The Morgan fingerprint density at radius 3 is 2.17 bits per heavy atom. The molecule has 5 rings (SSSR count). The number of esters is 1. The maximum absolute atomic E-state index is 13.0. The molecule has 4 N–H and O–H groups in total. The molecule has 1 spiro atoms. The molecule has 0 saturated carbocycles. The van der Waals surface area contributed by atoms with Gasteiger partial charge >= 0.3 is 5.97 Å². The van der Waals surface area contributed by atoms with Crippen LogP contribution in [0, 0.1) is 0 Å². The molecule has 3 aromatic carbocycles. The topological polar surface area (TPSA) is 108 Å². The predicted molar refractivity (Wildman–Crippen MR) is 104 cm³/mol. The van der Waals surface area contributed by atoms with Gasteiger partial charge in [0.15, 0.2) is 5.60 Å². The monoisotopic (exact) mass is 391 g/mol. The van der Waals surface area contributed by atoms with E-state index in [2.05, 4.69) is 5.32 Å². The molecule has 29 heavy (non-hydrogen) atoms. The zero-order valence-corrected chi connectivity index (χ0v) is 15.2. The van der Waals surface area contributed by atoms with Crippen LogP contribution >= 0.6 is 0 Å². The van der Waals surface area contributed by atoms with Crippen molar-refractivity contribution in [2.24, 2.45) is 0 Å². The molecular formula is C22H17NO6. The molecule has 0 bridgehead atoms. The van der Waals surface area contributed by atoms with E-state index in [0.29, 0.717) is 39.4 Å². The van der Waals surface area contributed by atoms with Crippen LogP contribution in [-0.4, -0.2) is 34.4 Å². The van der Waals surface area contributed by atoms with E-state index < -0.39 is 11.6 Å². The second-order valence-electron chi connectivity index (χ2n) is 6.91. The van der Waals surface area contributed by atoms with Crippen LogP contribution in [0.25, 0.3) is 0 Å². The molecule has 0 unspecified atom stereocenters. The van der Waals surface area contributed by atoms with Crippen LogP contribution in [0.3, 0.4) is 0 Å². The van der Waals surface area contributed by atoms with E-state index in [-0.39, 0.29) is 24.7 Å². The lowest BCUT2D eigenvalue weighted by molar-refractivity contribution is 0.0224. The normalized spacial score (nSPS) is 15.1. The standard InChI is InChI=1S/C22H17NO6/c24-9-8-23-17-3-1-2-16-20(17)21(27)29-22(16)14-6-4-12(25)10-18(14)28-19-11-13(26)5-7-15(19)22/h1-7,10-11,23-26H,8-9H2. The van der Waals surface area contributed by atoms with Crippen molar-refractivity contribution in [1.82, 2.24) is 0 Å². The van der Waals surface area contributed by atoms with Gasteiger partial charge in [0.05, 0.1) is 12.2 Å². The highest BCUT2D eigenvalue weighted by molar-refractivity contribution is 6.02. The highest BCUT2D eigenvalue weighted by atomic mass is 16.6. The predicted octanol–water partition coefficient (Wildman–Crippen LogP) is 3.07. The molecule has 0 amide bonds. The number of carbonyl (C=O) groups excluding carboxylic acids is 1. The second-order valence-corrected chi connectivity index (χ2v) is 6.91. The van der Waals surface area contributed by atoms with Crippen LogP contribution in [-0.2, 0) is 10.3 Å². The number of aliphatic hydroxyl groups excluding tert-OH is 1. The van der Waals surface area contributed by atoms with Crippen LogP contribution < -0.4 is 10.1 Å². The second kappa shape index (κ2) is 6.15. The van der Waals surface area contributed by atoms with Gasteiger partial charge in [0.2, 0.25) is 0 Å². The lowest BCUT2D eigenvalue weighted by Gasteiger charge is -2.36. The largest absolute Gasteiger partial charge is 0.508 e. The molecule has 0 saturated heterocycles. The van der Waals surface area contributed by atoms with Gasteiger partial charge in [-0.2, -0.15) is 0 Å². The van der Waals surface area contributed by atoms with Crippen molar-refractivity contribution in [1.29, 1.82) is 0 Å². The molecule has 7 nitrogen and oxygen atoms in total. The average Bonchev–Trinajstić information content (AvgIpc) is 3.00. The van der Waals surface area contributed by atoms with Crippen LogP contribution in [0.15, 0.2) is 54.6 Å². The molecule has 3 aromatic rings. The van der Waals surface area contributed by atoms with Crippen LogP contribution in [0.4, 0.5) is 5.69 Å². The molecule has 0 atom stereocenters. The average molecular weight is 391 g/mol. The number of hydrogen-bond acceptors (Lipinski definition) is 7. The van der Waals surface area contributed by atoms with Crippen molar-refractivity contribution in [2.45, 2.75) is 5.60 Å². The summed E-state index contributed by atoms with van der Waals surface area (Å²) in [6, 6.07) is 14.6. The van der Waals surface area contributed by atoms with Crippen LogP contribution in [0.1, 0.15) is 27.0 Å². The zero-order valence-electron chi connectivity index (χ0n) is 15.2. The fraction of sp³-hybridized carbons (Fsp3) is 0.136. The molecule has 0 radical (unpaired) electrons. The minimum absolute atomic E-state index is 0.00501. The first-order valence-electron chi connectivity index (χ1n) is 9.11. The SMILES string of the molecule is O=C1OC2(c3ccc(O)cc3Oc3cc(O)ccc32)c2cccc(NCCO)c21. The van der Waals surface area contributed by atoms with Gasteiger partial charge in [-0.15, -0.1) is 0 Å². The van der Waals surface area contributed by atoms with E-state index in [0.717, 1.165) is 0 Å². The van der Waals surface area contributed by atoms with Crippen LogP contribution in [0.5, 0.6) is 23.0 Å². The van der Waals surface area contributed by atoms with E-state index in [1.807, 2.05) is 6.07 Å². The molecule has 0 fully saturated rings. The Morgan fingerprint density at radius 1 is 0.897 bits per heavy atom. The Kier molecular flexibility index (Phi) is 3.69. The molecule has 7 heteroatoms. The van der Waals surface area contributed by atoms with Crippen molar-refractivity contribution in [2.75, 3.05) is 18.5 Å². The fourth-order valence-corrected chi connectivity index (χ4v) is 4.08. The Labute approximate surface area is 165 Å². The van der Waals surface area contributed by atoms with Gasteiger partial charge < -0.3 is 30.1 Å². The lowest BCUT2D eigenvalue weighted by atomic mass is 9.77. The molecule has 2 heterocycles. The lowest BCUT2D eigenvalue weighted by Crippen LogP contribution is -2.32. The molecular weight excluding hydrogens is 374 g/mol. The number of nitrogens with one attached hydrogen (secondary N) is 1. The molecule has 0 aliphatic carbocycles. The van der Waals surface area contributed by atoms with Gasteiger partial charge in [-0.05, 0) is 30.3 Å².